The van der Waals surface area contributed by atoms with Crippen LogP contribution in [0.2, 0.25) is 10.0 Å². The standard InChI is InChI=1S/C17H22Cl2N2O3/c1-24-15-11(7-12(18)8-13(15)19)9-21-6-3-14(22)17(10-21)4-2-5-20-16(17)23/h7-8,14,22H,2-6,9-10H2,1H3,(H,20,23)/t14-,17-/m1/s1. The Morgan fingerprint density at radius 1 is 1.46 bits per heavy atom. The van der Waals surface area contributed by atoms with Crippen LogP contribution in [0.1, 0.15) is 24.8 Å². The van der Waals surface area contributed by atoms with E-state index in [1.165, 1.54) is 0 Å². The quantitative estimate of drug-likeness (QED) is 0.855. The van der Waals surface area contributed by atoms with Gasteiger partial charge in [-0.1, -0.05) is 23.2 Å². The Morgan fingerprint density at radius 2 is 2.25 bits per heavy atom. The number of rotatable bonds is 3. The first-order valence-electron chi connectivity index (χ1n) is 8.17. The monoisotopic (exact) mass is 372 g/mol. The molecule has 0 radical (unpaired) electrons. The lowest BCUT2D eigenvalue weighted by Gasteiger charge is -2.47. The maximum Gasteiger partial charge on any atom is 0.230 e. The summed E-state index contributed by atoms with van der Waals surface area (Å²) in [5, 5.41) is 14.4. The van der Waals surface area contributed by atoms with Gasteiger partial charge in [0, 0.05) is 36.8 Å². The Balaban J connectivity index is 1.83. The van der Waals surface area contributed by atoms with Gasteiger partial charge in [-0.3, -0.25) is 9.69 Å². The molecule has 1 aromatic carbocycles. The van der Waals surface area contributed by atoms with Crippen molar-refractivity contribution in [2.24, 2.45) is 5.41 Å². The van der Waals surface area contributed by atoms with Gasteiger partial charge in [0.1, 0.15) is 5.75 Å². The minimum Gasteiger partial charge on any atom is -0.495 e. The average molecular weight is 373 g/mol. The molecule has 0 aliphatic carbocycles. The molecule has 1 spiro atoms. The molecule has 2 fully saturated rings. The molecule has 0 aromatic heterocycles. The third-order valence-electron chi connectivity index (χ3n) is 5.08. The van der Waals surface area contributed by atoms with E-state index in [1.807, 2.05) is 6.07 Å². The number of halogens is 2. The number of carbonyl (C=O) groups excluding carboxylic acids is 1. The predicted octanol–water partition coefficient (Wildman–Crippen LogP) is 2.46. The van der Waals surface area contributed by atoms with Crippen molar-refractivity contribution in [3.8, 4) is 5.75 Å². The molecule has 0 unspecified atom stereocenters. The number of ether oxygens (including phenoxy) is 1. The van der Waals surface area contributed by atoms with E-state index in [2.05, 4.69) is 10.2 Å². The summed E-state index contributed by atoms with van der Waals surface area (Å²) >= 11 is 12.3. The molecule has 3 rings (SSSR count). The largest absolute Gasteiger partial charge is 0.495 e. The van der Waals surface area contributed by atoms with E-state index in [0.717, 1.165) is 12.0 Å². The second-order valence-electron chi connectivity index (χ2n) is 6.61. The first kappa shape index (κ1) is 17.8. The Morgan fingerprint density at radius 3 is 2.96 bits per heavy atom. The molecule has 7 heteroatoms. The maximum atomic E-state index is 12.4. The molecular formula is C17H22Cl2N2O3. The van der Waals surface area contributed by atoms with Gasteiger partial charge in [-0.15, -0.1) is 0 Å². The van der Waals surface area contributed by atoms with Crippen LogP contribution in [0.3, 0.4) is 0 Å². The number of aliphatic hydroxyl groups is 1. The van der Waals surface area contributed by atoms with Crippen molar-refractivity contribution in [2.75, 3.05) is 26.7 Å². The topological polar surface area (TPSA) is 61.8 Å². The van der Waals surface area contributed by atoms with Crippen molar-refractivity contribution in [1.82, 2.24) is 10.2 Å². The first-order valence-corrected chi connectivity index (χ1v) is 8.92. The summed E-state index contributed by atoms with van der Waals surface area (Å²) in [6.07, 6.45) is 1.58. The van der Waals surface area contributed by atoms with E-state index in [0.29, 0.717) is 54.8 Å². The highest BCUT2D eigenvalue weighted by Crippen LogP contribution is 2.39. The van der Waals surface area contributed by atoms with E-state index < -0.39 is 11.5 Å². The van der Waals surface area contributed by atoms with Gasteiger partial charge in [-0.25, -0.2) is 0 Å². The lowest BCUT2D eigenvalue weighted by molar-refractivity contribution is -0.149. The van der Waals surface area contributed by atoms with Crippen LogP contribution >= 0.6 is 23.2 Å². The van der Waals surface area contributed by atoms with Gasteiger partial charge in [0.2, 0.25) is 5.91 Å². The van der Waals surface area contributed by atoms with E-state index in [4.69, 9.17) is 27.9 Å². The molecule has 1 amide bonds. The normalized spacial score (nSPS) is 28.0. The molecule has 24 heavy (non-hydrogen) atoms. The second kappa shape index (κ2) is 7.08. The SMILES string of the molecule is COc1c(Cl)cc(Cl)cc1CN1CC[C@@H](O)[C@@]2(CCCNC2=O)C1. The van der Waals surface area contributed by atoms with Crippen LogP contribution in [0, 0.1) is 5.41 Å². The number of benzene rings is 1. The number of carbonyl (C=O) groups is 1. The van der Waals surface area contributed by atoms with Crippen LogP contribution in [0.4, 0.5) is 0 Å². The van der Waals surface area contributed by atoms with Gasteiger partial charge in [0.25, 0.3) is 0 Å². The molecule has 0 saturated carbocycles. The molecule has 2 N–H and O–H groups in total. The number of methoxy groups -OCH3 is 1. The first-order chi connectivity index (χ1) is 11.5. The third-order valence-corrected chi connectivity index (χ3v) is 5.58. The number of nitrogens with one attached hydrogen (secondary N) is 1. The van der Waals surface area contributed by atoms with Crippen LogP contribution in [-0.4, -0.2) is 48.8 Å². The highest BCUT2D eigenvalue weighted by Gasteiger charge is 2.49. The highest BCUT2D eigenvalue weighted by molar-refractivity contribution is 6.35. The minimum absolute atomic E-state index is 0.0398. The fourth-order valence-corrected chi connectivity index (χ4v) is 4.48. The van der Waals surface area contributed by atoms with E-state index in [-0.39, 0.29) is 5.91 Å². The fourth-order valence-electron chi connectivity index (χ4n) is 3.86. The zero-order valence-corrected chi connectivity index (χ0v) is 15.2. The summed E-state index contributed by atoms with van der Waals surface area (Å²) in [6, 6.07) is 3.49. The fraction of sp³-hybridized carbons (Fsp3) is 0.588. The van der Waals surface area contributed by atoms with Crippen molar-refractivity contribution in [3.05, 3.63) is 27.7 Å². The molecule has 5 nitrogen and oxygen atoms in total. The second-order valence-corrected chi connectivity index (χ2v) is 7.45. The minimum atomic E-state index is -0.716. The zero-order chi connectivity index (χ0) is 17.3. The van der Waals surface area contributed by atoms with Crippen molar-refractivity contribution in [3.63, 3.8) is 0 Å². The van der Waals surface area contributed by atoms with Crippen LogP contribution in [0.5, 0.6) is 5.75 Å². The number of hydrogen-bond acceptors (Lipinski definition) is 4. The van der Waals surface area contributed by atoms with Crippen molar-refractivity contribution >= 4 is 29.1 Å². The van der Waals surface area contributed by atoms with Crippen LogP contribution < -0.4 is 10.1 Å². The Bertz CT molecular complexity index is 641. The average Bonchev–Trinajstić information content (AvgIpc) is 2.53. The van der Waals surface area contributed by atoms with Crippen molar-refractivity contribution in [1.29, 1.82) is 0 Å². The van der Waals surface area contributed by atoms with Gasteiger partial charge < -0.3 is 15.2 Å². The summed E-state index contributed by atoms with van der Waals surface area (Å²) in [7, 11) is 1.58. The summed E-state index contributed by atoms with van der Waals surface area (Å²) in [4.78, 5) is 14.6. The molecular weight excluding hydrogens is 351 g/mol. The number of aliphatic hydroxyl groups excluding tert-OH is 1. The molecule has 2 aliphatic rings. The highest BCUT2D eigenvalue weighted by atomic mass is 35.5. The number of nitrogens with zero attached hydrogens (tertiary/aromatic N) is 1. The van der Waals surface area contributed by atoms with Gasteiger partial charge >= 0.3 is 0 Å². The van der Waals surface area contributed by atoms with E-state index >= 15 is 0 Å². The van der Waals surface area contributed by atoms with E-state index in [1.54, 1.807) is 13.2 Å². The molecule has 2 atom stereocenters. The Hall–Kier alpha value is -1.01. The summed E-state index contributed by atoms with van der Waals surface area (Å²) in [6.45, 7) is 2.49. The predicted molar refractivity (Wildman–Crippen MR) is 93.6 cm³/mol. The number of piperidine rings is 2. The lowest BCUT2D eigenvalue weighted by Crippen LogP contribution is -2.61. The smallest absolute Gasteiger partial charge is 0.230 e. The number of likely N-dealkylation sites (tertiary alicyclic amines) is 1. The van der Waals surface area contributed by atoms with Gasteiger partial charge in [-0.05, 0) is 31.4 Å². The molecule has 2 aliphatic heterocycles. The van der Waals surface area contributed by atoms with Gasteiger partial charge in [0.05, 0.1) is 23.7 Å². The molecule has 1 aromatic rings. The Kier molecular flexibility index (Phi) is 5.25. The van der Waals surface area contributed by atoms with Crippen LogP contribution in [0.15, 0.2) is 12.1 Å². The summed E-state index contributed by atoms with van der Waals surface area (Å²) in [5.74, 6) is 0.566. The van der Waals surface area contributed by atoms with Crippen LogP contribution in [-0.2, 0) is 11.3 Å². The Labute approximate surface area is 151 Å². The van der Waals surface area contributed by atoms with E-state index in [9.17, 15) is 9.90 Å². The maximum absolute atomic E-state index is 12.4. The molecule has 2 heterocycles. The van der Waals surface area contributed by atoms with Crippen molar-refractivity contribution in [2.45, 2.75) is 31.9 Å². The molecule has 132 valence electrons. The lowest BCUT2D eigenvalue weighted by atomic mass is 9.71. The third kappa shape index (κ3) is 3.23. The molecule has 2 saturated heterocycles. The molecule has 0 bridgehead atoms. The van der Waals surface area contributed by atoms with Gasteiger partial charge in [0.15, 0.2) is 0 Å². The zero-order valence-electron chi connectivity index (χ0n) is 13.6. The number of hydrogen-bond donors (Lipinski definition) is 2. The number of amides is 1. The summed E-state index contributed by atoms with van der Waals surface area (Å²) in [5.41, 5.74) is 0.171. The van der Waals surface area contributed by atoms with Crippen LogP contribution in [0.25, 0.3) is 0 Å². The summed E-state index contributed by atoms with van der Waals surface area (Å²) < 4.78 is 5.41. The van der Waals surface area contributed by atoms with Gasteiger partial charge in [-0.2, -0.15) is 0 Å². The van der Waals surface area contributed by atoms with Crippen molar-refractivity contribution < 1.29 is 14.6 Å².